The highest BCUT2D eigenvalue weighted by Gasteiger charge is 2.20. The van der Waals surface area contributed by atoms with Crippen molar-refractivity contribution in [1.29, 1.82) is 0 Å². The van der Waals surface area contributed by atoms with Gasteiger partial charge in [-0.1, -0.05) is 65.7 Å². The second-order valence-electron chi connectivity index (χ2n) is 8.58. The highest BCUT2D eigenvalue weighted by molar-refractivity contribution is 6.36. The number of hydrogen-bond donors (Lipinski definition) is 0. The molecule has 1 aliphatic heterocycles. The first-order valence-electron chi connectivity index (χ1n) is 11.9. The number of carbonyl (C=O) groups excluding carboxylic acids is 1. The summed E-state index contributed by atoms with van der Waals surface area (Å²) in [4.78, 5) is 17.7. The Morgan fingerprint density at radius 2 is 1.71 bits per heavy atom. The largest absolute Gasteiger partial charge is 0.489 e. The third kappa shape index (κ3) is 7.71. The quantitative estimate of drug-likeness (QED) is 0.337. The summed E-state index contributed by atoms with van der Waals surface area (Å²) >= 11 is 12.4. The molecule has 0 N–H and O–H groups in total. The molecule has 1 fully saturated rings. The topological polar surface area (TPSA) is 42.0 Å². The normalized spacial score (nSPS) is 14.0. The third-order valence-electron chi connectivity index (χ3n) is 5.98. The van der Waals surface area contributed by atoms with E-state index < -0.39 is 0 Å². The second-order valence-corrected chi connectivity index (χ2v) is 9.42. The lowest BCUT2D eigenvalue weighted by molar-refractivity contribution is 0.0355. The van der Waals surface area contributed by atoms with E-state index in [1.54, 1.807) is 18.2 Å². The summed E-state index contributed by atoms with van der Waals surface area (Å²) in [5.41, 5.74) is 2.56. The van der Waals surface area contributed by atoms with Crippen LogP contribution in [-0.2, 0) is 17.9 Å². The minimum absolute atomic E-state index is 0.107. The van der Waals surface area contributed by atoms with Crippen molar-refractivity contribution in [3.8, 4) is 5.75 Å². The zero-order valence-corrected chi connectivity index (χ0v) is 21.2. The maximum atomic E-state index is 13.5. The number of morpholine rings is 1. The van der Waals surface area contributed by atoms with Gasteiger partial charge in [0.1, 0.15) is 12.4 Å². The first-order chi connectivity index (χ1) is 17.1. The SMILES string of the molecule is O=C(c1ccc(Cl)cc1Cl)N(CCCN1CCOCC1)Cc1cccc(OCc2ccccc2)c1. The van der Waals surface area contributed by atoms with Crippen LogP contribution in [-0.4, -0.2) is 55.1 Å². The Morgan fingerprint density at radius 3 is 2.49 bits per heavy atom. The fraction of sp³-hybridized carbons (Fsp3) is 0.321. The highest BCUT2D eigenvalue weighted by atomic mass is 35.5. The van der Waals surface area contributed by atoms with Crippen LogP contribution in [0.5, 0.6) is 5.75 Å². The van der Waals surface area contributed by atoms with Gasteiger partial charge in [0.25, 0.3) is 5.91 Å². The highest BCUT2D eigenvalue weighted by Crippen LogP contribution is 2.24. The standard InChI is InChI=1S/C28H30Cl2N2O3/c29-24-10-11-26(27(30)19-24)28(33)32(13-5-12-31-14-16-34-17-15-31)20-23-8-4-9-25(18-23)35-21-22-6-2-1-3-7-22/h1-4,6-11,18-19H,5,12-17,20-21H2. The summed E-state index contributed by atoms with van der Waals surface area (Å²) in [7, 11) is 0. The van der Waals surface area contributed by atoms with Gasteiger partial charge in [0.2, 0.25) is 0 Å². The molecular weight excluding hydrogens is 483 g/mol. The van der Waals surface area contributed by atoms with Crippen LogP contribution < -0.4 is 4.74 Å². The van der Waals surface area contributed by atoms with Crippen molar-refractivity contribution in [3.05, 3.63) is 99.5 Å². The van der Waals surface area contributed by atoms with Crippen LogP contribution in [0, 0.1) is 0 Å². The molecule has 184 valence electrons. The van der Waals surface area contributed by atoms with Crippen molar-refractivity contribution in [2.75, 3.05) is 39.4 Å². The van der Waals surface area contributed by atoms with Crippen molar-refractivity contribution in [1.82, 2.24) is 9.80 Å². The number of rotatable bonds is 10. The molecule has 0 saturated carbocycles. The average Bonchev–Trinajstić information content (AvgIpc) is 2.88. The molecule has 3 aromatic rings. The van der Waals surface area contributed by atoms with Crippen LogP contribution in [0.25, 0.3) is 0 Å². The molecule has 0 aliphatic carbocycles. The molecule has 1 aliphatic rings. The van der Waals surface area contributed by atoms with Gasteiger partial charge in [0, 0.05) is 37.7 Å². The second kappa shape index (κ2) is 12.9. The van der Waals surface area contributed by atoms with Crippen LogP contribution in [0.4, 0.5) is 0 Å². The molecule has 4 rings (SSSR count). The van der Waals surface area contributed by atoms with E-state index >= 15 is 0 Å². The van der Waals surface area contributed by atoms with Gasteiger partial charge in [-0.05, 0) is 47.9 Å². The Labute approximate surface area is 217 Å². The Hall–Kier alpha value is -2.57. The van der Waals surface area contributed by atoms with E-state index in [0.717, 1.165) is 56.1 Å². The van der Waals surface area contributed by atoms with Gasteiger partial charge < -0.3 is 14.4 Å². The van der Waals surface area contributed by atoms with Crippen LogP contribution in [0.2, 0.25) is 10.0 Å². The summed E-state index contributed by atoms with van der Waals surface area (Å²) in [6.07, 6.45) is 0.862. The fourth-order valence-electron chi connectivity index (χ4n) is 4.09. The fourth-order valence-corrected chi connectivity index (χ4v) is 4.58. The minimum atomic E-state index is -0.107. The molecule has 1 heterocycles. The van der Waals surface area contributed by atoms with Crippen molar-refractivity contribution in [2.45, 2.75) is 19.6 Å². The monoisotopic (exact) mass is 512 g/mol. The van der Waals surface area contributed by atoms with Gasteiger partial charge in [0.15, 0.2) is 0 Å². The summed E-state index contributed by atoms with van der Waals surface area (Å²) < 4.78 is 11.4. The number of nitrogens with zero attached hydrogens (tertiary/aromatic N) is 2. The number of halogens is 2. The van der Waals surface area contributed by atoms with E-state index in [9.17, 15) is 4.79 Å². The predicted molar refractivity (Wildman–Crippen MR) is 140 cm³/mol. The van der Waals surface area contributed by atoms with E-state index in [-0.39, 0.29) is 5.91 Å². The molecule has 0 atom stereocenters. The van der Waals surface area contributed by atoms with Crippen molar-refractivity contribution >= 4 is 29.1 Å². The zero-order valence-electron chi connectivity index (χ0n) is 19.7. The molecule has 1 saturated heterocycles. The molecule has 7 heteroatoms. The van der Waals surface area contributed by atoms with Gasteiger partial charge in [-0.2, -0.15) is 0 Å². The van der Waals surface area contributed by atoms with E-state index in [1.165, 1.54) is 0 Å². The van der Waals surface area contributed by atoms with Crippen molar-refractivity contribution < 1.29 is 14.3 Å². The lowest BCUT2D eigenvalue weighted by Crippen LogP contribution is -2.39. The Morgan fingerprint density at radius 1 is 0.943 bits per heavy atom. The molecule has 5 nitrogen and oxygen atoms in total. The van der Waals surface area contributed by atoms with Gasteiger partial charge in [-0.15, -0.1) is 0 Å². The van der Waals surface area contributed by atoms with Crippen molar-refractivity contribution in [3.63, 3.8) is 0 Å². The van der Waals surface area contributed by atoms with Gasteiger partial charge >= 0.3 is 0 Å². The Bertz CT molecular complexity index is 1100. The number of amides is 1. The molecule has 0 unspecified atom stereocenters. The van der Waals surface area contributed by atoms with Crippen molar-refractivity contribution in [2.24, 2.45) is 0 Å². The summed E-state index contributed by atoms with van der Waals surface area (Å²) in [6.45, 7) is 5.87. The molecule has 3 aromatic carbocycles. The Balaban J connectivity index is 1.45. The third-order valence-corrected chi connectivity index (χ3v) is 6.52. The van der Waals surface area contributed by atoms with Gasteiger partial charge in [0.05, 0.1) is 23.8 Å². The van der Waals surface area contributed by atoms with Crippen LogP contribution >= 0.6 is 23.2 Å². The first kappa shape index (κ1) is 25.5. The maximum Gasteiger partial charge on any atom is 0.255 e. The summed E-state index contributed by atoms with van der Waals surface area (Å²) in [5, 5.41) is 0.870. The van der Waals surface area contributed by atoms with Gasteiger partial charge in [-0.3, -0.25) is 9.69 Å². The van der Waals surface area contributed by atoms with Crippen LogP contribution in [0.3, 0.4) is 0 Å². The number of benzene rings is 3. The molecule has 0 radical (unpaired) electrons. The van der Waals surface area contributed by atoms with E-state index in [4.69, 9.17) is 32.7 Å². The number of carbonyl (C=O) groups is 1. The molecule has 1 amide bonds. The summed E-state index contributed by atoms with van der Waals surface area (Å²) in [6, 6.07) is 23.0. The van der Waals surface area contributed by atoms with E-state index in [2.05, 4.69) is 4.90 Å². The molecule has 35 heavy (non-hydrogen) atoms. The first-order valence-corrected chi connectivity index (χ1v) is 12.6. The van der Waals surface area contributed by atoms with Crippen LogP contribution in [0.15, 0.2) is 72.8 Å². The minimum Gasteiger partial charge on any atom is -0.489 e. The smallest absolute Gasteiger partial charge is 0.255 e. The van der Waals surface area contributed by atoms with E-state index in [0.29, 0.717) is 35.3 Å². The maximum absolute atomic E-state index is 13.5. The summed E-state index contributed by atoms with van der Waals surface area (Å²) in [5.74, 6) is 0.667. The van der Waals surface area contributed by atoms with Crippen LogP contribution in [0.1, 0.15) is 27.9 Å². The lowest BCUT2D eigenvalue weighted by atomic mass is 10.1. The molecule has 0 aromatic heterocycles. The lowest BCUT2D eigenvalue weighted by Gasteiger charge is -2.28. The zero-order chi connectivity index (χ0) is 24.5. The predicted octanol–water partition coefficient (Wildman–Crippen LogP) is 5.94. The Kier molecular flexibility index (Phi) is 9.43. The van der Waals surface area contributed by atoms with E-state index in [1.807, 2.05) is 59.5 Å². The number of hydrogen-bond acceptors (Lipinski definition) is 4. The molecular formula is C28H30Cl2N2O3. The molecule has 0 bridgehead atoms. The number of ether oxygens (including phenoxy) is 2. The average molecular weight is 513 g/mol. The molecule has 0 spiro atoms. The van der Waals surface area contributed by atoms with Gasteiger partial charge in [-0.25, -0.2) is 0 Å².